The second-order valence-electron chi connectivity index (χ2n) is 7.58. The number of nitrogens with one attached hydrogen (secondary N) is 2. The summed E-state index contributed by atoms with van der Waals surface area (Å²) in [6, 6.07) is 1.94. The minimum Gasteiger partial charge on any atom is -0.477 e. The predicted molar refractivity (Wildman–Crippen MR) is 97.0 cm³/mol. The Labute approximate surface area is 149 Å². The second kappa shape index (κ2) is 7.20. The molecule has 3 fully saturated rings. The van der Waals surface area contributed by atoms with Gasteiger partial charge < -0.3 is 15.4 Å². The molecule has 2 saturated heterocycles. The molecule has 0 spiro atoms. The number of carbonyl (C=O) groups is 1. The number of hydrogen-bond acceptors (Lipinski definition) is 4. The first-order valence-corrected chi connectivity index (χ1v) is 9.58. The lowest BCUT2D eigenvalue weighted by Crippen LogP contribution is -2.29. The van der Waals surface area contributed by atoms with Crippen molar-refractivity contribution in [1.82, 2.24) is 15.6 Å². The highest BCUT2D eigenvalue weighted by molar-refractivity contribution is 5.93. The van der Waals surface area contributed by atoms with Crippen LogP contribution in [0, 0.1) is 24.7 Å². The Morgan fingerprint density at radius 3 is 2.88 bits per heavy atom. The Morgan fingerprint density at radius 1 is 1.32 bits per heavy atom. The monoisotopic (exact) mass is 344 g/mol. The Hall–Kier alpha value is -1.82. The quantitative estimate of drug-likeness (QED) is 0.831. The molecule has 1 aromatic heterocycles. The molecule has 2 N–H and O–H groups in total. The Morgan fingerprint density at radius 2 is 2.16 bits per heavy atom. The molecule has 2 aliphatic heterocycles. The largest absolute Gasteiger partial charge is 0.477 e. The van der Waals surface area contributed by atoms with Gasteiger partial charge in [0.15, 0.2) is 0 Å². The number of aryl methyl sites for hydroxylation is 1. The van der Waals surface area contributed by atoms with E-state index in [0.29, 0.717) is 19.0 Å². The van der Waals surface area contributed by atoms with E-state index < -0.39 is 0 Å². The van der Waals surface area contributed by atoms with Crippen molar-refractivity contribution >= 4 is 11.7 Å². The average molecular weight is 344 g/mol. The predicted octanol–water partition coefficient (Wildman–Crippen LogP) is 2.32. The fourth-order valence-electron chi connectivity index (χ4n) is 4.32. The van der Waals surface area contributed by atoms with Gasteiger partial charge in [-0.25, -0.2) is 9.78 Å². The highest BCUT2D eigenvalue weighted by atomic mass is 16.5. The molecular formula is C19H28N4O2. The summed E-state index contributed by atoms with van der Waals surface area (Å²) in [7, 11) is 0. The fourth-order valence-corrected chi connectivity index (χ4v) is 4.32. The van der Waals surface area contributed by atoms with E-state index in [1.165, 1.54) is 32.4 Å². The lowest BCUT2D eigenvalue weighted by Gasteiger charge is -2.22. The molecule has 0 unspecified atom stereocenters. The van der Waals surface area contributed by atoms with Gasteiger partial charge in [-0.2, -0.15) is 0 Å². The first kappa shape index (κ1) is 16.6. The molecule has 6 heteroatoms. The Kier molecular flexibility index (Phi) is 4.79. The van der Waals surface area contributed by atoms with Gasteiger partial charge in [0, 0.05) is 18.7 Å². The SMILES string of the molecule is Cc1cc(N2CCNC2=O)cnc1OCC[C@@H]1C[C@@H]1C1CCNCC1. The fraction of sp³-hybridized carbons (Fsp3) is 0.684. The molecule has 3 heterocycles. The summed E-state index contributed by atoms with van der Waals surface area (Å²) < 4.78 is 5.93. The molecule has 4 rings (SSSR count). The molecule has 3 aliphatic rings. The van der Waals surface area contributed by atoms with E-state index in [2.05, 4.69) is 15.6 Å². The van der Waals surface area contributed by atoms with Crippen LogP contribution in [0.15, 0.2) is 12.3 Å². The van der Waals surface area contributed by atoms with Crippen molar-refractivity contribution in [3.05, 3.63) is 17.8 Å². The van der Waals surface area contributed by atoms with E-state index in [1.807, 2.05) is 13.0 Å². The van der Waals surface area contributed by atoms with Crippen LogP contribution in [0.2, 0.25) is 0 Å². The van der Waals surface area contributed by atoms with Gasteiger partial charge in [-0.1, -0.05) is 0 Å². The van der Waals surface area contributed by atoms with Crippen molar-refractivity contribution in [2.45, 2.75) is 32.6 Å². The third-order valence-corrected chi connectivity index (χ3v) is 5.88. The number of aromatic nitrogens is 1. The number of rotatable bonds is 6. The molecule has 0 aromatic carbocycles. The summed E-state index contributed by atoms with van der Waals surface area (Å²) >= 11 is 0. The van der Waals surface area contributed by atoms with Crippen molar-refractivity contribution in [2.75, 3.05) is 37.7 Å². The second-order valence-corrected chi connectivity index (χ2v) is 7.58. The van der Waals surface area contributed by atoms with Crippen LogP contribution in [-0.2, 0) is 0 Å². The number of urea groups is 1. The van der Waals surface area contributed by atoms with E-state index in [9.17, 15) is 4.79 Å². The van der Waals surface area contributed by atoms with Crippen LogP contribution in [0.1, 0.15) is 31.2 Å². The van der Waals surface area contributed by atoms with Gasteiger partial charge in [-0.15, -0.1) is 0 Å². The van der Waals surface area contributed by atoms with Crippen LogP contribution < -0.4 is 20.3 Å². The van der Waals surface area contributed by atoms with E-state index in [1.54, 1.807) is 11.1 Å². The molecule has 1 aromatic rings. The van der Waals surface area contributed by atoms with Crippen LogP contribution in [0.25, 0.3) is 0 Å². The first-order chi connectivity index (χ1) is 12.2. The normalized spacial score (nSPS) is 26.6. The number of carbonyl (C=O) groups excluding carboxylic acids is 1. The zero-order valence-electron chi connectivity index (χ0n) is 15.0. The van der Waals surface area contributed by atoms with Crippen molar-refractivity contribution in [3.63, 3.8) is 0 Å². The lowest BCUT2D eigenvalue weighted by atomic mass is 9.91. The summed E-state index contributed by atoms with van der Waals surface area (Å²) in [5, 5.41) is 6.26. The number of pyridine rings is 1. The molecule has 1 saturated carbocycles. The lowest BCUT2D eigenvalue weighted by molar-refractivity contribution is 0.252. The third-order valence-electron chi connectivity index (χ3n) is 5.88. The maximum absolute atomic E-state index is 11.7. The maximum atomic E-state index is 11.7. The number of anilines is 1. The maximum Gasteiger partial charge on any atom is 0.322 e. The van der Waals surface area contributed by atoms with Crippen LogP contribution in [0.5, 0.6) is 5.88 Å². The number of piperidine rings is 1. The molecule has 2 atom stereocenters. The average Bonchev–Trinajstić information content (AvgIpc) is 3.28. The molecule has 25 heavy (non-hydrogen) atoms. The minimum atomic E-state index is -0.0486. The Balaban J connectivity index is 1.25. The van der Waals surface area contributed by atoms with Crippen LogP contribution in [-0.4, -0.2) is 43.8 Å². The zero-order chi connectivity index (χ0) is 17.2. The summed E-state index contributed by atoms with van der Waals surface area (Å²) in [5.74, 6) is 3.39. The van der Waals surface area contributed by atoms with E-state index in [4.69, 9.17) is 4.74 Å². The summed E-state index contributed by atoms with van der Waals surface area (Å²) in [4.78, 5) is 17.9. The van der Waals surface area contributed by atoms with Crippen LogP contribution in [0.3, 0.4) is 0 Å². The number of amides is 2. The van der Waals surface area contributed by atoms with E-state index in [0.717, 1.165) is 42.0 Å². The van der Waals surface area contributed by atoms with Gasteiger partial charge in [0.2, 0.25) is 5.88 Å². The van der Waals surface area contributed by atoms with Gasteiger partial charge in [-0.3, -0.25) is 4.90 Å². The van der Waals surface area contributed by atoms with E-state index in [-0.39, 0.29) is 6.03 Å². The number of hydrogen-bond donors (Lipinski definition) is 2. The van der Waals surface area contributed by atoms with Crippen molar-refractivity contribution < 1.29 is 9.53 Å². The summed E-state index contributed by atoms with van der Waals surface area (Å²) in [6.45, 7) is 6.50. The molecule has 136 valence electrons. The van der Waals surface area contributed by atoms with Gasteiger partial charge in [0.1, 0.15) is 0 Å². The number of nitrogens with zero attached hydrogens (tertiary/aromatic N) is 2. The van der Waals surface area contributed by atoms with Gasteiger partial charge in [0.05, 0.1) is 18.5 Å². The van der Waals surface area contributed by atoms with Crippen molar-refractivity contribution in [3.8, 4) is 5.88 Å². The van der Waals surface area contributed by atoms with Gasteiger partial charge in [0.25, 0.3) is 0 Å². The first-order valence-electron chi connectivity index (χ1n) is 9.58. The highest BCUT2D eigenvalue weighted by Crippen LogP contribution is 2.49. The molecule has 0 bridgehead atoms. The summed E-state index contributed by atoms with van der Waals surface area (Å²) in [5.41, 5.74) is 1.83. The van der Waals surface area contributed by atoms with Gasteiger partial charge in [-0.05, 0) is 69.5 Å². The number of ether oxygens (including phenoxy) is 1. The van der Waals surface area contributed by atoms with Crippen molar-refractivity contribution in [2.24, 2.45) is 17.8 Å². The molecular weight excluding hydrogens is 316 g/mol. The molecule has 6 nitrogen and oxygen atoms in total. The molecule has 0 radical (unpaired) electrons. The molecule has 2 amide bonds. The third kappa shape index (κ3) is 3.73. The Bertz CT molecular complexity index is 630. The summed E-state index contributed by atoms with van der Waals surface area (Å²) in [6.07, 6.45) is 6.93. The van der Waals surface area contributed by atoms with Crippen LogP contribution >= 0.6 is 0 Å². The molecule has 1 aliphatic carbocycles. The standard InChI is InChI=1S/C19H28N4O2/c1-13-10-16(23-8-7-21-19(23)24)12-22-18(13)25-9-4-15-11-17(15)14-2-5-20-6-3-14/h10,12,14-15,17,20H,2-9,11H2,1H3,(H,21,24)/t15-,17-/m1/s1. The van der Waals surface area contributed by atoms with Crippen LogP contribution in [0.4, 0.5) is 10.5 Å². The highest BCUT2D eigenvalue weighted by Gasteiger charge is 2.42. The minimum absolute atomic E-state index is 0.0486. The zero-order valence-corrected chi connectivity index (χ0v) is 15.0. The topological polar surface area (TPSA) is 66.5 Å². The van der Waals surface area contributed by atoms with Crippen molar-refractivity contribution in [1.29, 1.82) is 0 Å². The van der Waals surface area contributed by atoms with Gasteiger partial charge >= 0.3 is 6.03 Å². The smallest absolute Gasteiger partial charge is 0.322 e. The van der Waals surface area contributed by atoms with E-state index >= 15 is 0 Å².